The van der Waals surface area contributed by atoms with Crippen molar-refractivity contribution in [3.05, 3.63) is 92.1 Å². The minimum absolute atomic E-state index is 0.232. The molecule has 0 fully saturated rings. The maximum atomic E-state index is 11.8. The smallest absolute Gasteiger partial charge is 0.338 e. The molecule has 0 spiro atoms. The van der Waals surface area contributed by atoms with E-state index in [9.17, 15) is 20.1 Å². The van der Waals surface area contributed by atoms with Gasteiger partial charge in [0, 0.05) is 17.4 Å². The topological polar surface area (TPSA) is 90.9 Å². The molecule has 206 valence electrons. The van der Waals surface area contributed by atoms with Crippen LogP contribution in [0.2, 0.25) is 0 Å². The summed E-state index contributed by atoms with van der Waals surface area (Å²) in [6.07, 6.45) is 10.3. The molecule has 0 aliphatic carbocycles. The quantitative estimate of drug-likeness (QED) is 0.202. The molecular formula is C32H48O5. The number of hydrogen-bond acceptors (Lipinski definition) is 5. The predicted molar refractivity (Wildman–Crippen MR) is 154 cm³/mol. The van der Waals surface area contributed by atoms with Crippen LogP contribution in [0.4, 0.5) is 0 Å². The van der Waals surface area contributed by atoms with E-state index in [2.05, 4.69) is 26.0 Å². The molecule has 0 radical (unpaired) electrons. The number of allylic oxidation sites excluding steroid dienone is 7. The van der Waals surface area contributed by atoms with Crippen molar-refractivity contribution in [1.29, 1.82) is 0 Å². The lowest BCUT2D eigenvalue weighted by atomic mass is 9.91. The maximum Gasteiger partial charge on any atom is 0.338 e. The van der Waals surface area contributed by atoms with Gasteiger partial charge < -0.3 is 19.7 Å². The first-order chi connectivity index (χ1) is 17.3. The Morgan fingerprint density at radius 2 is 1.57 bits per heavy atom. The van der Waals surface area contributed by atoms with Crippen LogP contribution in [0.1, 0.15) is 91.9 Å². The molecule has 0 aliphatic rings. The van der Waals surface area contributed by atoms with E-state index in [0.717, 1.165) is 23.1 Å². The monoisotopic (exact) mass is 512 g/mol. The number of aliphatic hydroxyl groups excluding tert-OH is 3. The van der Waals surface area contributed by atoms with E-state index in [0.29, 0.717) is 24.2 Å². The Morgan fingerprint density at radius 1 is 0.919 bits per heavy atom. The van der Waals surface area contributed by atoms with Gasteiger partial charge in [-0.25, -0.2) is 4.79 Å². The Kier molecular flexibility index (Phi) is 13.8. The number of aliphatic hydroxyl groups is 3. The molecule has 1 rings (SSSR count). The van der Waals surface area contributed by atoms with Crippen molar-refractivity contribution in [3.63, 3.8) is 0 Å². The highest BCUT2D eigenvalue weighted by Gasteiger charge is 2.22. The Labute approximate surface area is 223 Å². The average Bonchev–Trinajstić information content (AvgIpc) is 2.86. The molecule has 0 saturated carbocycles. The standard InChI is InChI=1S/C32H48O5/c1-10-23(5)30(34)26(8)28(33)16-14-21(3)19-22(4)18-20(2)12-11-13-24(6)31(35)27(9)29-17-15-25(7)32(36)37-29/h10,12-15,17,19,26-28,30-31,33-35H,11,16,18H2,1-9H3. The van der Waals surface area contributed by atoms with Gasteiger partial charge in [0.2, 0.25) is 0 Å². The molecular weight excluding hydrogens is 464 g/mol. The Bertz CT molecular complexity index is 1080. The van der Waals surface area contributed by atoms with Crippen LogP contribution in [-0.2, 0) is 0 Å². The zero-order valence-corrected chi connectivity index (χ0v) is 24.2. The molecule has 5 heteroatoms. The zero-order valence-electron chi connectivity index (χ0n) is 24.2. The van der Waals surface area contributed by atoms with Gasteiger partial charge in [-0.05, 0) is 91.0 Å². The van der Waals surface area contributed by atoms with E-state index < -0.39 is 18.3 Å². The summed E-state index contributed by atoms with van der Waals surface area (Å²) >= 11 is 0. The molecule has 5 nitrogen and oxygen atoms in total. The van der Waals surface area contributed by atoms with Crippen LogP contribution in [0.3, 0.4) is 0 Å². The minimum atomic E-state index is -0.727. The zero-order chi connectivity index (χ0) is 28.3. The second kappa shape index (κ2) is 15.7. The van der Waals surface area contributed by atoms with Gasteiger partial charge >= 0.3 is 5.63 Å². The van der Waals surface area contributed by atoms with Gasteiger partial charge in [-0.2, -0.15) is 0 Å². The lowest BCUT2D eigenvalue weighted by Gasteiger charge is -2.24. The van der Waals surface area contributed by atoms with Crippen LogP contribution in [0.25, 0.3) is 0 Å². The van der Waals surface area contributed by atoms with Gasteiger partial charge in [0.15, 0.2) is 0 Å². The van der Waals surface area contributed by atoms with E-state index in [1.807, 2.05) is 59.8 Å². The highest BCUT2D eigenvalue weighted by molar-refractivity contribution is 5.25. The van der Waals surface area contributed by atoms with E-state index in [1.54, 1.807) is 19.1 Å². The second-order valence-corrected chi connectivity index (χ2v) is 10.5. The first kappa shape index (κ1) is 32.6. The van der Waals surface area contributed by atoms with Crippen molar-refractivity contribution in [3.8, 4) is 0 Å². The van der Waals surface area contributed by atoms with E-state index in [-0.39, 0.29) is 17.5 Å². The van der Waals surface area contributed by atoms with Crippen LogP contribution < -0.4 is 5.63 Å². The molecule has 1 aromatic rings. The average molecular weight is 513 g/mol. The third kappa shape index (κ3) is 10.8. The number of hydrogen-bond donors (Lipinski definition) is 3. The van der Waals surface area contributed by atoms with Crippen molar-refractivity contribution < 1.29 is 19.7 Å². The SMILES string of the molecule is CC=C(C)C(O)C(C)C(O)CC=C(C)C=C(C)CC(C)=CCC=C(C)C(O)C(C)c1ccc(C)c(=O)o1. The summed E-state index contributed by atoms with van der Waals surface area (Å²) in [5.74, 6) is -0.0618. The summed E-state index contributed by atoms with van der Waals surface area (Å²) in [6.45, 7) is 17.3. The van der Waals surface area contributed by atoms with Gasteiger partial charge in [0.05, 0.1) is 18.3 Å². The lowest BCUT2D eigenvalue weighted by molar-refractivity contribution is 0.0415. The molecule has 0 amide bonds. The van der Waals surface area contributed by atoms with Crippen molar-refractivity contribution in [2.24, 2.45) is 5.92 Å². The van der Waals surface area contributed by atoms with Crippen LogP contribution in [0.15, 0.2) is 79.6 Å². The Morgan fingerprint density at radius 3 is 2.16 bits per heavy atom. The summed E-state index contributed by atoms with van der Waals surface area (Å²) in [4.78, 5) is 11.8. The first-order valence-electron chi connectivity index (χ1n) is 13.2. The van der Waals surface area contributed by atoms with Crippen LogP contribution in [0.5, 0.6) is 0 Å². The Hall–Kier alpha value is -2.47. The molecule has 0 aliphatic heterocycles. The van der Waals surface area contributed by atoms with E-state index in [4.69, 9.17) is 4.42 Å². The molecule has 37 heavy (non-hydrogen) atoms. The molecule has 0 aromatic carbocycles. The number of rotatable bonds is 13. The molecule has 5 atom stereocenters. The molecule has 1 heterocycles. The fourth-order valence-electron chi connectivity index (χ4n) is 4.19. The molecule has 5 unspecified atom stereocenters. The fourth-order valence-corrected chi connectivity index (χ4v) is 4.19. The third-order valence-corrected chi connectivity index (χ3v) is 7.07. The minimum Gasteiger partial charge on any atom is -0.427 e. The van der Waals surface area contributed by atoms with E-state index in [1.165, 1.54) is 11.1 Å². The summed E-state index contributed by atoms with van der Waals surface area (Å²) in [5, 5.41) is 31.5. The first-order valence-corrected chi connectivity index (χ1v) is 13.2. The maximum absolute atomic E-state index is 11.8. The molecule has 0 bridgehead atoms. The summed E-state index contributed by atoms with van der Waals surface area (Å²) in [7, 11) is 0. The van der Waals surface area contributed by atoms with Crippen molar-refractivity contribution >= 4 is 0 Å². The van der Waals surface area contributed by atoms with Gasteiger partial charge in [0.1, 0.15) is 5.76 Å². The summed E-state index contributed by atoms with van der Waals surface area (Å²) < 4.78 is 5.33. The normalized spacial score (nSPS) is 18.4. The van der Waals surface area contributed by atoms with Crippen molar-refractivity contribution in [2.75, 3.05) is 0 Å². The highest BCUT2D eigenvalue weighted by Crippen LogP contribution is 2.24. The van der Waals surface area contributed by atoms with Gasteiger partial charge in [-0.15, -0.1) is 0 Å². The van der Waals surface area contributed by atoms with Crippen LogP contribution >= 0.6 is 0 Å². The van der Waals surface area contributed by atoms with Crippen LogP contribution in [0, 0.1) is 12.8 Å². The van der Waals surface area contributed by atoms with Gasteiger partial charge in [-0.3, -0.25) is 0 Å². The largest absolute Gasteiger partial charge is 0.427 e. The second-order valence-electron chi connectivity index (χ2n) is 10.5. The molecule has 1 aromatic heterocycles. The highest BCUT2D eigenvalue weighted by atomic mass is 16.4. The lowest BCUT2D eigenvalue weighted by Crippen LogP contribution is -2.29. The van der Waals surface area contributed by atoms with Crippen molar-refractivity contribution in [2.45, 2.75) is 106 Å². The van der Waals surface area contributed by atoms with Gasteiger partial charge in [-0.1, -0.05) is 60.9 Å². The summed E-state index contributed by atoms with van der Waals surface area (Å²) in [5.41, 5.74) is 5.44. The summed E-state index contributed by atoms with van der Waals surface area (Å²) in [6, 6.07) is 3.48. The predicted octanol–water partition coefficient (Wildman–Crippen LogP) is 6.69. The van der Waals surface area contributed by atoms with Crippen molar-refractivity contribution in [1.82, 2.24) is 0 Å². The number of aryl methyl sites for hydroxylation is 1. The van der Waals surface area contributed by atoms with E-state index >= 15 is 0 Å². The fraction of sp³-hybridized carbons (Fsp3) is 0.531. The molecule has 0 saturated heterocycles. The Balaban J connectivity index is 2.68. The molecule has 3 N–H and O–H groups in total. The van der Waals surface area contributed by atoms with Crippen LogP contribution in [-0.4, -0.2) is 33.6 Å². The third-order valence-electron chi connectivity index (χ3n) is 7.07. The van der Waals surface area contributed by atoms with Gasteiger partial charge in [0.25, 0.3) is 0 Å².